The number of benzene rings is 2. The third-order valence-electron chi connectivity index (χ3n) is 5.24. The summed E-state index contributed by atoms with van der Waals surface area (Å²) in [6.07, 6.45) is 2.42. The van der Waals surface area contributed by atoms with E-state index in [1.807, 2.05) is 0 Å². The largest absolute Gasteiger partial charge is 0.358 e. The van der Waals surface area contributed by atoms with Gasteiger partial charge in [-0.15, -0.1) is 0 Å². The second-order valence-corrected chi connectivity index (χ2v) is 15.8. The molecule has 3 atom stereocenters. The molecule has 0 saturated heterocycles. The van der Waals surface area contributed by atoms with Crippen LogP contribution in [0.4, 0.5) is 8.78 Å². The average molecular weight is 901 g/mol. The number of carbonyl (C=O) groups is 2. The maximum atomic E-state index is 13.1. The van der Waals surface area contributed by atoms with Crippen molar-refractivity contribution in [1.82, 2.24) is 10.6 Å². The number of carbonyl (C=O) groups excluding carboxylic acids is 2. The summed E-state index contributed by atoms with van der Waals surface area (Å²) >= 11 is 24.8. The fourth-order valence-corrected chi connectivity index (χ4v) is 5.22. The zero-order chi connectivity index (χ0) is 31.5. The maximum absolute atomic E-state index is 13.1. The normalized spacial score (nSPS) is 13.1. The first kappa shape index (κ1) is 47.8. The van der Waals surface area contributed by atoms with Gasteiger partial charge in [-0.3, -0.25) is 9.59 Å². The zero-order valence-corrected chi connectivity index (χ0v) is 30.7. The number of hydrogen-bond donors (Lipinski definition) is 2. The zero-order valence-electron chi connectivity index (χ0n) is 22.9. The molecule has 0 aliphatic carbocycles. The van der Waals surface area contributed by atoms with Crippen LogP contribution >= 0.6 is 62.3 Å². The Balaban J connectivity index is -0.000000716. The van der Waals surface area contributed by atoms with E-state index in [1.54, 1.807) is 24.3 Å². The SMILES string of the molecule is C.CS(=O)(=O)c1ccc(C[C@@H](CF)NC(=O)C(Cl)Cl)cc1.CS(=O)(=O)c1ccc([C@H](Br)[C@@H](CF)NC(=O)C(Cl)Cl)cc1.[CH3-].[Pd]. The van der Waals surface area contributed by atoms with E-state index >= 15 is 0 Å². The summed E-state index contributed by atoms with van der Waals surface area (Å²) in [6, 6.07) is 10.3. The van der Waals surface area contributed by atoms with Gasteiger partial charge in [-0.25, -0.2) is 25.6 Å². The van der Waals surface area contributed by atoms with Gasteiger partial charge in [0.05, 0.1) is 26.7 Å². The van der Waals surface area contributed by atoms with Crippen LogP contribution in [0.1, 0.15) is 23.4 Å². The second-order valence-electron chi connectivity index (χ2n) is 8.59. The monoisotopic (exact) mass is 897 g/mol. The molecule has 2 rings (SSSR count). The van der Waals surface area contributed by atoms with Crippen molar-refractivity contribution >= 4 is 93.8 Å². The Labute approximate surface area is 300 Å². The molecule has 0 radical (unpaired) electrons. The van der Waals surface area contributed by atoms with Gasteiger partial charge < -0.3 is 18.1 Å². The van der Waals surface area contributed by atoms with Crippen LogP contribution in [0.25, 0.3) is 0 Å². The van der Waals surface area contributed by atoms with Crippen LogP contribution in [-0.2, 0) is 56.1 Å². The second kappa shape index (κ2) is 22.1. The molecule has 0 spiro atoms. The summed E-state index contributed by atoms with van der Waals surface area (Å²) in [5.74, 6) is -1.36. The molecule has 0 heterocycles. The number of nitrogens with one attached hydrogen (secondary N) is 2. The Kier molecular flexibility index (Phi) is 24.0. The average Bonchev–Trinajstić information content (AvgIpc) is 2.90. The Bertz CT molecular complexity index is 1380. The van der Waals surface area contributed by atoms with Crippen molar-refractivity contribution in [2.45, 2.75) is 50.2 Å². The van der Waals surface area contributed by atoms with E-state index in [4.69, 9.17) is 46.4 Å². The smallest absolute Gasteiger partial charge is 0.253 e. The molecule has 0 aliphatic heterocycles. The van der Waals surface area contributed by atoms with Gasteiger partial charge in [0, 0.05) is 32.9 Å². The molecule has 2 N–H and O–H groups in total. The Morgan fingerprint density at radius 2 is 1.16 bits per heavy atom. The molecular weight excluding hydrogens is 867 g/mol. The first-order valence-corrected chi connectivity index (χ1v) is 17.9. The predicted octanol–water partition coefficient (Wildman–Crippen LogP) is 5.76. The number of alkyl halides is 7. The summed E-state index contributed by atoms with van der Waals surface area (Å²) in [5, 5.41) is 4.73. The fourth-order valence-electron chi connectivity index (χ4n) is 3.13. The van der Waals surface area contributed by atoms with Gasteiger partial charge in [-0.05, 0) is 41.8 Å². The molecule has 0 fully saturated rings. The molecule has 0 unspecified atom stereocenters. The topological polar surface area (TPSA) is 126 Å². The Morgan fingerprint density at radius 3 is 1.50 bits per heavy atom. The summed E-state index contributed by atoms with van der Waals surface area (Å²) in [5.41, 5.74) is 1.31. The molecule has 0 aliphatic rings. The third kappa shape index (κ3) is 16.8. The van der Waals surface area contributed by atoms with Gasteiger partial charge in [-0.1, -0.05) is 94.0 Å². The standard InChI is InChI=1S/C12H13BrCl2FNO3S.C12H14Cl2FNO3S.CH4.CH3.Pd/c1-21(19,20)8-4-2-7(3-5-8)10(13)9(6-16)17-12(18)11(14)15;1-20(18,19)10-4-2-8(3-5-10)6-9(7-15)16-12(17)11(13)14;;;/h2-5,9-11H,6H2,1H3,(H,17,18);2-5,9,11H,6-7H2,1H3,(H,16,17);1H4;1H3;/q;;;-1;/t9-,10+;9-;;;/m10.../s1. The molecule has 2 aromatic rings. The number of amides is 2. The Hall–Kier alpha value is -0.558. The van der Waals surface area contributed by atoms with E-state index in [0.29, 0.717) is 11.1 Å². The Morgan fingerprint density at radius 1 is 0.773 bits per heavy atom. The van der Waals surface area contributed by atoms with Crippen molar-refractivity contribution in [3.05, 3.63) is 67.1 Å². The third-order valence-corrected chi connectivity index (χ3v) is 9.45. The molecule has 2 amide bonds. The van der Waals surface area contributed by atoms with Gasteiger partial charge >= 0.3 is 0 Å². The summed E-state index contributed by atoms with van der Waals surface area (Å²) in [4.78, 5) is 19.9. The number of hydrogen-bond acceptors (Lipinski definition) is 6. The molecule has 0 bridgehead atoms. The minimum atomic E-state index is -3.30. The summed E-state index contributed by atoms with van der Waals surface area (Å²) < 4.78 is 71.2. The van der Waals surface area contributed by atoms with Crippen LogP contribution in [0.2, 0.25) is 0 Å². The first-order valence-electron chi connectivity index (χ1n) is 11.4. The van der Waals surface area contributed by atoms with Crippen LogP contribution in [0.15, 0.2) is 58.3 Å². The fraction of sp³-hybridized carbons (Fsp3) is 0.423. The van der Waals surface area contributed by atoms with Crippen molar-refractivity contribution in [2.75, 3.05) is 25.9 Å². The molecular formula is C26H34BrCl4F2N2O6PdS2-. The molecule has 0 saturated carbocycles. The minimum Gasteiger partial charge on any atom is -0.358 e. The van der Waals surface area contributed by atoms with Crippen molar-refractivity contribution < 1.29 is 55.6 Å². The van der Waals surface area contributed by atoms with Crippen LogP contribution in [0.5, 0.6) is 0 Å². The van der Waals surface area contributed by atoms with Crippen molar-refractivity contribution in [2.24, 2.45) is 0 Å². The molecule has 44 heavy (non-hydrogen) atoms. The van der Waals surface area contributed by atoms with Gasteiger partial charge in [-0.2, -0.15) is 0 Å². The van der Waals surface area contributed by atoms with Gasteiger partial charge in [0.2, 0.25) is 0 Å². The van der Waals surface area contributed by atoms with Gasteiger partial charge in [0.15, 0.2) is 29.3 Å². The van der Waals surface area contributed by atoms with E-state index in [-0.39, 0.29) is 51.5 Å². The van der Waals surface area contributed by atoms with Crippen LogP contribution in [0.3, 0.4) is 0 Å². The maximum Gasteiger partial charge on any atom is 0.253 e. The van der Waals surface area contributed by atoms with E-state index in [2.05, 4.69) is 26.6 Å². The minimum absolute atomic E-state index is 0. The summed E-state index contributed by atoms with van der Waals surface area (Å²) in [6.45, 7) is -1.62. The van der Waals surface area contributed by atoms with Crippen molar-refractivity contribution in [1.29, 1.82) is 0 Å². The first-order chi connectivity index (χ1) is 18.9. The summed E-state index contributed by atoms with van der Waals surface area (Å²) in [7, 11) is -6.56. The molecule has 256 valence electrons. The molecule has 8 nitrogen and oxygen atoms in total. The molecule has 0 aromatic heterocycles. The van der Waals surface area contributed by atoms with Crippen molar-refractivity contribution in [3.8, 4) is 0 Å². The van der Waals surface area contributed by atoms with E-state index in [0.717, 1.165) is 12.5 Å². The molecule has 18 heteroatoms. The van der Waals surface area contributed by atoms with Crippen LogP contribution in [0, 0.1) is 7.43 Å². The number of rotatable bonds is 12. The predicted molar refractivity (Wildman–Crippen MR) is 174 cm³/mol. The molecule has 2 aromatic carbocycles. The number of halogens is 7. The van der Waals surface area contributed by atoms with E-state index in [1.165, 1.54) is 24.3 Å². The van der Waals surface area contributed by atoms with E-state index in [9.17, 15) is 35.2 Å². The van der Waals surface area contributed by atoms with Gasteiger partial charge in [0.1, 0.15) is 13.3 Å². The van der Waals surface area contributed by atoms with E-state index < -0.39 is 71.4 Å². The quantitative estimate of drug-likeness (QED) is 0.159. The van der Waals surface area contributed by atoms with Crippen LogP contribution < -0.4 is 10.6 Å². The number of sulfone groups is 2. The van der Waals surface area contributed by atoms with Gasteiger partial charge in [0.25, 0.3) is 11.8 Å². The van der Waals surface area contributed by atoms with Crippen LogP contribution in [-0.4, -0.2) is 76.3 Å². The van der Waals surface area contributed by atoms with Crippen molar-refractivity contribution in [3.63, 3.8) is 0 Å².